The van der Waals surface area contributed by atoms with E-state index in [1.54, 1.807) is 0 Å². The number of carbonyl (C=O) groups is 1. The summed E-state index contributed by atoms with van der Waals surface area (Å²) in [7, 11) is -3.90. The second kappa shape index (κ2) is 11.4. The third-order valence-electron chi connectivity index (χ3n) is 3.77. The van der Waals surface area contributed by atoms with E-state index in [2.05, 4.69) is 10.0 Å². The monoisotopic (exact) mass is 387 g/mol. The van der Waals surface area contributed by atoms with E-state index in [0.717, 1.165) is 38.5 Å². The van der Waals surface area contributed by atoms with E-state index < -0.39 is 26.7 Å². The van der Waals surface area contributed by atoms with Crippen LogP contribution < -0.4 is 10.0 Å². The molecule has 0 atom stereocenters. The summed E-state index contributed by atoms with van der Waals surface area (Å²) < 4.78 is 26.8. The maximum absolute atomic E-state index is 12.2. The van der Waals surface area contributed by atoms with Crippen LogP contribution in [0.15, 0.2) is 29.2 Å². The van der Waals surface area contributed by atoms with Gasteiger partial charge < -0.3 is 10.4 Å². The molecule has 0 fully saturated rings. The average molecular weight is 387 g/mol. The average Bonchev–Trinajstić information content (AvgIpc) is 2.59. The molecule has 1 rings (SSSR count). The van der Waals surface area contributed by atoms with Crippen molar-refractivity contribution in [2.24, 2.45) is 0 Å². The van der Waals surface area contributed by atoms with Gasteiger partial charge in [-0.3, -0.25) is 10.1 Å². The smallest absolute Gasteiger partial charge is 0.404 e. The Labute approximate surface area is 153 Å². The molecule has 0 aliphatic carbocycles. The summed E-state index contributed by atoms with van der Waals surface area (Å²) in [6.45, 7) is 0.694. The lowest BCUT2D eigenvalue weighted by atomic mass is 10.1. The van der Waals surface area contributed by atoms with Gasteiger partial charge in [0.1, 0.15) is 0 Å². The molecule has 0 radical (unpaired) electrons. The molecule has 26 heavy (non-hydrogen) atoms. The van der Waals surface area contributed by atoms with Gasteiger partial charge in [-0.25, -0.2) is 17.9 Å². The standard InChI is InChI=1S/C16H25N3O6S/c20-16(21)17-12-8-4-2-1-3-5-9-13-18-26(24,25)15-11-7-6-10-14(15)19(22)23/h6-7,10-11,17-18H,1-5,8-9,12-13H2,(H,20,21). The van der Waals surface area contributed by atoms with Crippen LogP contribution in [0.5, 0.6) is 0 Å². The Morgan fingerprint density at radius 1 is 1.00 bits per heavy atom. The lowest BCUT2D eigenvalue weighted by Gasteiger charge is -2.07. The minimum absolute atomic E-state index is 0.233. The lowest BCUT2D eigenvalue weighted by molar-refractivity contribution is -0.387. The number of unbranched alkanes of at least 4 members (excludes halogenated alkanes) is 6. The zero-order chi connectivity index (χ0) is 19.4. The van der Waals surface area contributed by atoms with Crippen LogP contribution in [0.2, 0.25) is 0 Å². The highest BCUT2D eigenvalue weighted by Gasteiger charge is 2.24. The molecule has 3 N–H and O–H groups in total. The summed E-state index contributed by atoms with van der Waals surface area (Å²) in [5.41, 5.74) is -0.433. The van der Waals surface area contributed by atoms with Crippen molar-refractivity contribution in [3.63, 3.8) is 0 Å². The zero-order valence-corrected chi connectivity index (χ0v) is 15.3. The second-order valence-electron chi connectivity index (χ2n) is 5.83. The van der Waals surface area contributed by atoms with Gasteiger partial charge >= 0.3 is 6.09 Å². The number of para-hydroxylation sites is 1. The summed E-state index contributed by atoms with van der Waals surface area (Å²) in [6, 6.07) is 5.27. The largest absolute Gasteiger partial charge is 0.465 e. The fraction of sp³-hybridized carbons (Fsp3) is 0.562. The van der Waals surface area contributed by atoms with Gasteiger partial charge in [-0.15, -0.1) is 0 Å². The molecule has 1 amide bonds. The molecular weight excluding hydrogens is 362 g/mol. The van der Waals surface area contributed by atoms with Crippen LogP contribution in [0.4, 0.5) is 10.5 Å². The Morgan fingerprint density at radius 2 is 1.54 bits per heavy atom. The number of nitro groups is 1. The van der Waals surface area contributed by atoms with Crippen molar-refractivity contribution in [3.8, 4) is 0 Å². The molecule has 0 aromatic heterocycles. The molecule has 0 aliphatic heterocycles. The van der Waals surface area contributed by atoms with Crippen LogP contribution in [0.1, 0.15) is 44.9 Å². The first kappa shape index (κ1) is 21.8. The number of nitro benzene ring substituents is 1. The van der Waals surface area contributed by atoms with Crippen molar-refractivity contribution in [2.75, 3.05) is 13.1 Å². The van der Waals surface area contributed by atoms with E-state index in [0.29, 0.717) is 13.0 Å². The van der Waals surface area contributed by atoms with Crippen molar-refractivity contribution >= 4 is 21.8 Å². The molecule has 1 aromatic rings. The number of hydrogen-bond donors (Lipinski definition) is 3. The minimum atomic E-state index is -3.90. The molecule has 146 valence electrons. The SMILES string of the molecule is O=C(O)NCCCCCCCCCNS(=O)(=O)c1ccccc1[N+](=O)[O-]. The van der Waals surface area contributed by atoms with Crippen LogP contribution >= 0.6 is 0 Å². The van der Waals surface area contributed by atoms with E-state index in [9.17, 15) is 23.3 Å². The van der Waals surface area contributed by atoms with Crippen molar-refractivity contribution in [1.29, 1.82) is 0 Å². The quantitative estimate of drug-likeness (QED) is 0.270. The molecule has 1 aromatic carbocycles. The summed E-state index contributed by atoms with van der Waals surface area (Å²) in [5, 5.41) is 21.7. The first-order chi connectivity index (χ1) is 12.3. The number of sulfonamides is 1. The van der Waals surface area contributed by atoms with Gasteiger partial charge in [0, 0.05) is 19.2 Å². The van der Waals surface area contributed by atoms with E-state index >= 15 is 0 Å². The first-order valence-corrected chi connectivity index (χ1v) is 10.0. The van der Waals surface area contributed by atoms with Crippen LogP contribution in [0, 0.1) is 10.1 Å². The second-order valence-corrected chi connectivity index (χ2v) is 7.56. The molecule has 10 heteroatoms. The Balaban J connectivity index is 2.20. The molecule has 0 unspecified atom stereocenters. The first-order valence-electron chi connectivity index (χ1n) is 8.54. The molecule has 0 aliphatic rings. The van der Waals surface area contributed by atoms with Gasteiger partial charge in [0.25, 0.3) is 5.69 Å². The van der Waals surface area contributed by atoms with Crippen molar-refractivity contribution < 1.29 is 23.2 Å². The molecular formula is C16H25N3O6S. The molecule has 0 bridgehead atoms. The normalized spacial score (nSPS) is 11.2. The number of carboxylic acid groups (broad SMARTS) is 1. The maximum atomic E-state index is 12.2. The van der Waals surface area contributed by atoms with Crippen molar-refractivity contribution in [1.82, 2.24) is 10.0 Å². The third-order valence-corrected chi connectivity index (χ3v) is 5.28. The van der Waals surface area contributed by atoms with Gasteiger partial charge in [0.15, 0.2) is 4.90 Å². The topological polar surface area (TPSA) is 139 Å². The molecule has 9 nitrogen and oxygen atoms in total. The zero-order valence-electron chi connectivity index (χ0n) is 14.5. The van der Waals surface area contributed by atoms with Crippen LogP contribution in [0.25, 0.3) is 0 Å². The number of rotatable bonds is 13. The Morgan fingerprint density at radius 3 is 2.12 bits per heavy atom. The van der Waals surface area contributed by atoms with Gasteiger partial charge in [0.2, 0.25) is 10.0 Å². The third kappa shape index (κ3) is 8.26. The minimum Gasteiger partial charge on any atom is -0.465 e. The summed E-state index contributed by atoms with van der Waals surface area (Å²) in [6.07, 6.45) is 5.22. The highest BCUT2D eigenvalue weighted by atomic mass is 32.2. The predicted molar refractivity (Wildman–Crippen MR) is 96.6 cm³/mol. The highest BCUT2D eigenvalue weighted by molar-refractivity contribution is 7.89. The predicted octanol–water partition coefficient (Wildman–Crippen LogP) is 2.87. The number of hydrogen-bond acceptors (Lipinski definition) is 5. The van der Waals surface area contributed by atoms with Gasteiger partial charge in [-0.1, -0.05) is 44.2 Å². The summed E-state index contributed by atoms with van der Waals surface area (Å²) >= 11 is 0. The Kier molecular flexibility index (Phi) is 9.60. The van der Waals surface area contributed by atoms with Crippen LogP contribution in [0.3, 0.4) is 0 Å². The van der Waals surface area contributed by atoms with Crippen molar-refractivity contribution in [2.45, 2.75) is 49.8 Å². The van der Waals surface area contributed by atoms with E-state index in [-0.39, 0.29) is 11.4 Å². The van der Waals surface area contributed by atoms with E-state index in [1.165, 1.54) is 24.3 Å². The molecule has 0 heterocycles. The Bertz CT molecular complexity index is 693. The fourth-order valence-electron chi connectivity index (χ4n) is 2.45. The van der Waals surface area contributed by atoms with Crippen LogP contribution in [-0.2, 0) is 10.0 Å². The maximum Gasteiger partial charge on any atom is 0.404 e. The van der Waals surface area contributed by atoms with E-state index in [1.807, 2.05) is 0 Å². The number of nitrogens with zero attached hydrogens (tertiary/aromatic N) is 1. The summed E-state index contributed by atoms with van der Waals surface area (Å²) in [4.78, 5) is 20.2. The van der Waals surface area contributed by atoms with E-state index in [4.69, 9.17) is 5.11 Å². The number of nitrogens with one attached hydrogen (secondary N) is 2. The van der Waals surface area contributed by atoms with Gasteiger partial charge in [-0.05, 0) is 18.9 Å². The fourth-order valence-corrected chi connectivity index (χ4v) is 3.69. The van der Waals surface area contributed by atoms with Gasteiger partial charge in [0.05, 0.1) is 4.92 Å². The molecule has 0 spiro atoms. The summed E-state index contributed by atoms with van der Waals surface area (Å²) in [5.74, 6) is 0. The molecule has 0 saturated carbocycles. The number of benzene rings is 1. The highest BCUT2D eigenvalue weighted by Crippen LogP contribution is 2.22. The molecule has 0 saturated heterocycles. The number of amides is 1. The van der Waals surface area contributed by atoms with Crippen LogP contribution in [-0.4, -0.2) is 37.6 Å². The lowest BCUT2D eigenvalue weighted by Crippen LogP contribution is -2.25. The van der Waals surface area contributed by atoms with Gasteiger partial charge in [-0.2, -0.15) is 0 Å². The Hall–Kier alpha value is -2.20. The van der Waals surface area contributed by atoms with Crippen molar-refractivity contribution in [3.05, 3.63) is 34.4 Å².